The van der Waals surface area contributed by atoms with E-state index in [-0.39, 0.29) is 11.4 Å². The Morgan fingerprint density at radius 3 is 2.82 bits per heavy atom. The molecule has 0 aromatic carbocycles. The van der Waals surface area contributed by atoms with Crippen molar-refractivity contribution in [3.8, 4) is 11.9 Å². The third kappa shape index (κ3) is 1.44. The van der Waals surface area contributed by atoms with Gasteiger partial charge >= 0.3 is 0 Å². The highest BCUT2D eigenvalue weighted by Gasteiger charge is 2.02. The second-order valence-electron chi connectivity index (χ2n) is 1.80. The van der Waals surface area contributed by atoms with Crippen molar-refractivity contribution in [2.24, 2.45) is 0 Å². The lowest BCUT2D eigenvalue weighted by atomic mass is 10.3. The van der Waals surface area contributed by atoms with Gasteiger partial charge in [0.2, 0.25) is 11.8 Å². The van der Waals surface area contributed by atoms with Crippen LogP contribution < -0.4 is 4.74 Å². The molecule has 0 amide bonds. The van der Waals surface area contributed by atoms with E-state index in [1.54, 1.807) is 6.07 Å². The van der Waals surface area contributed by atoms with Gasteiger partial charge in [-0.3, -0.25) is 0 Å². The van der Waals surface area contributed by atoms with Crippen LogP contribution in [0, 0.1) is 17.3 Å². The molecule has 0 fully saturated rings. The average Bonchev–Trinajstić information content (AvgIpc) is 2.04. The van der Waals surface area contributed by atoms with Crippen LogP contribution in [0.25, 0.3) is 0 Å². The molecule has 56 valence electrons. The zero-order chi connectivity index (χ0) is 8.27. The van der Waals surface area contributed by atoms with Crippen molar-refractivity contribution in [2.45, 2.75) is 0 Å². The molecule has 1 heterocycles. The molecule has 0 atom stereocenters. The fourth-order valence-electron chi connectivity index (χ4n) is 0.615. The molecule has 0 saturated carbocycles. The van der Waals surface area contributed by atoms with Crippen molar-refractivity contribution in [3.63, 3.8) is 0 Å². The number of hydrogen-bond acceptors (Lipinski definition) is 3. The van der Waals surface area contributed by atoms with Crippen molar-refractivity contribution < 1.29 is 9.13 Å². The maximum atomic E-state index is 12.6. The topological polar surface area (TPSA) is 45.9 Å². The van der Waals surface area contributed by atoms with E-state index in [9.17, 15) is 4.39 Å². The Kier molecular flexibility index (Phi) is 2.02. The molecule has 1 aromatic heterocycles. The van der Waals surface area contributed by atoms with Crippen molar-refractivity contribution in [3.05, 3.63) is 23.6 Å². The Balaban J connectivity index is 3.12. The van der Waals surface area contributed by atoms with Crippen LogP contribution in [0.15, 0.2) is 12.1 Å². The Labute approximate surface area is 63.1 Å². The molecule has 0 aliphatic rings. The van der Waals surface area contributed by atoms with Gasteiger partial charge in [0.1, 0.15) is 11.6 Å². The summed E-state index contributed by atoms with van der Waals surface area (Å²) in [4.78, 5) is 3.35. The van der Waals surface area contributed by atoms with Gasteiger partial charge in [-0.15, -0.1) is 0 Å². The Hall–Kier alpha value is -1.63. The van der Waals surface area contributed by atoms with E-state index in [2.05, 4.69) is 9.72 Å². The van der Waals surface area contributed by atoms with Gasteiger partial charge in [0.25, 0.3) is 0 Å². The fraction of sp³-hybridized carbons (Fsp3) is 0.143. The van der Waals surface area contributed by atoms with Gasteiger partial charge in [-0.05, 0) is 6.07 Å². The lowest BCUT2D eigenvalue weighted by Gasteiger charge is -1.97. The summed E-state index contributed by atoms with van der Waals surface area (Å²) in [5.41, 5.74) is -0.0780. The van der Waals surface area contributed by atoms with Gasteiger partial charge in [0.05, 0.1) is 7.11 Å². The van der Waals surface area contributed by atoms with Gasteiger partial charge in [-0.1, -0.05) is 0 Å². The minimum absolute atomic E-state index is 0.0780. The van der Waals surface area contributed by atoms with Crippen LogP contribution in [0.3, 0.4) is 0 Å². The molecule has 4 heteroatoms. The summed E-state index contributed by atoms with van der Waals surface area (Å²) in [6.07, 6.45) is 0. The number of methoxy groups -OCH3 is 1. The minimum atomic E-state index is -0.799. The summed E-state index contributed by atoms with van der Waals surface area (Å²) in [5, 5.41) is 8.31. The van der Waals surface area contributed by atoms with E-state index in [1.165, 1.54) is 19.2 Å². The van der Waals surface area contributed by atoms with E-state index in [4.69, 9.17) is 5.26 Å². The first-order valence-corrected chi connectivity index (χ1v) is 2.88. The number of aromatic nitrogens is 1. The van der Waals surface area contributed by atoms with Gasteiger partial charge in [0, 0.05) is 6.07 Å². The van der Waals surface area contributed by atoms with Crippen LogP contribution in [-0.4, -0.2) is 12.1 Å². The third-order valence-electron chi connectivity index (χ3n) is 1.15. The summed E-state index contributed by atoms with van der Waals surface area (Å²) in [7, 11) is 1.38. The lowest BCUT2D eigenvalue weighted by Crippen LogP contribution is -1.92. The molecule has 0 radical (unpaired) electrons. The first-order valence-electron chi connectivity index (χ1n) is 2.88. The smallest absolute Gasteiger partial charge is 0.234 e. The highest BCUT2D eigenvalue weighted by atomic mass is 19.1. The second-order valence-corrected chi connectivity index (χ2v) is 1.80. The van der Waals surface area contributed by atoms with Crippen LogP contribution >= 0.6 is 0 Å². The number of nitrogens with zero attached hydrogens (tertiary/aromatic N) is 2. The van der Waals surface area contributed by atoms with Crippen LogP contribution in [0.5, 0.6) is 5.88 Å². The van der Waals surface area contributed by atoms with Crippen molar-refractivity contribution in [1.82, 2.24) is 4.98 Å². The monoisotopic (exact) mass is 152 g/mol. The van der Waals surface area contributed by atoms with Crippen LogP contribution in [-0.2, 0) is 0 Å². The molecule has 0 aliphatic heterocycles. The SMILES string of the molecule is COc1ccc(C#N)c(F)n1. The van der Waals surface area contributed by atoms with Gasteiger partial charge < -0.3 is 4.74 Å². The number of nitriles is 1. The maximum absolute atomic E-state index is 12.6. The third-order valence-corrected chi connectivity index (χ3v) is 1.15. The van der Waals surface area contributed by atoms with Crippen molar-refractivity contribution in [2.75, 3.05) is 7.11 Å². The van der Waals surface area contributed by atoms with Crippen LogP contribution in [0.1, 0.15) is 5.56 Å². The Morgan fingerprint density at radius 1 is 1.64 bits per heavy atom. The van der Waals surface area contributed by atoms with E-state index in [0.717, 1.165) is 0 Å². The second kappa shape index (κ2) is 2.97. The highest BCUT2D eigenvalue weighted by molar-refractivity contribution is 5.29. The average molecular weight is 152 g/mol. The number of ether oxygens (including phenoxy) is 1. The molecule has 0 spiro atoms. The molecule has 0 aliphatic carbocycles. The molecular formula is C7H5FN2O. The summed E-state index contributed by atoms with van der Waals surface area (Å²) < 4.78 is 17.3. The number of pyridine rings is 1. The normalized spacial score (nSPS) is 8.82. The first-order chi connectivity index (χ1) is 5.27. The quantitative estimate of drug-likeness (QED) is 0.566. The molecular weight excluding hydrogens is 147 g/mol. The molecule has 0 unspecified atom stereocenters. The molecule has 1 rings (SSSR count). The molecule has 3 nitrogen and oxygen atoms in total. The van der Waals surface area contributed by atoms with E-state index >= 15 is 0 Å². The number of halogens is 1. The van der Waals surface area contributed by atoms with E-state index < -0.39 is 5.95 Å². The van der Waals surface area contributed by atoms with Gasteiger partial charge in [-0.2, -0.15) is 14.6 Å². The predicted molar refractivity (Wildman–Crippen MR) is 35.5 cm³/mol. The number of hydrogen-bond donors (Lipinski definition) is 0. The Morgan fingerprint density at radius 2 is 2.36 bits per heavy atom. The van der Waals surface area contributed by atoms with Crippen molar-refractivity contribution >= 4 is 0 Å². The zero-order valence-corrected chi connectivity index (χ0v) is 5.84. The van der Waals surface area contributed by atoms with E-state index in [1.807, 2.05) is 0 Å². The first kappa shape index (κ1) is 7.48. The standard InChI is InChI=1S/C7H5FN2O/c1-11-6-3-2-5(4-9)7(8)10-6/h2-3H,1H3. The summed E-state index contributed by atoms with van der Waals surface area (Å²) in [6, 6.07) is 4.41. The summed E-state index contributed by atoms with van der Waals surface area (Å²) >= 11 is 0. The van der Waals surface area contributed by atoms with E-state index in [0.29, 0.717) is 0 Å². The fourth-order valence-corrected chi connectivity index (χ4v) is 0.615. The predicted octanol–water partition coefficient (Wildman–Crippen LogP) is 1.10. The Bertz CT molecular complexity index is 306. The lowest BCUT2D eigenvalue weighted by molar-refractivity contribution is 0.387. The molecule has 1 aromatic rings. The number of rotatable bonds is 1. The maximum Gasteiger partial charge on any atom is 0.234 e. The largest absolute Gasteiger partial charge is 0.481 e. The zero-order valence-electron chi connectivity index (χ0n) is 5.84. The summed E-state index contributed by atoms with van der Waals surface area (Å²) in [6.45, 7) is 0. The summed E-state index contributed by atoms with van der Waals surface area (Å²) in [5.74, 6) is -0.631. The van der Waals surface area contributed by atoms with Crippen LogP contribution in [0.2, 0.25) is 0 Å². The minimum Gasteiger partial charge on any atom is -0.481 e. The molecule has 0 saturated heterocycles. The van der Waals surface area contributed by atoms with Crippen molar-refractivity contribution in [1.29, 1.82) is 5.26 Å². The molecule has 0 N–H and O–H groups in total. The highest BCUT2D eigenvalue weighted by Crippen LogP contribution is 2.09. The van der Waals surface area contributed by atoms with Gasteiger partial charge in [0.15, 0.2) is 0 Å². The van der Waals surface area contributed by atoms with Gasteiger partial charge in [-0.25, -0.2) is 0 Å². The molecule has 11 heavy (non-hydrogen) atoms. The molecule has 0 bridgehead atoms. The van der Waals surface area contributed by atoms with Crippen LogP contribution in [0.4, 0.5) is 4.39 Å².